The molecule has 45 heavy (non-hydrogen) atoms. The maximum absolute atomic E-state index is 15.6. The summed E-state index contributed by atoms with van der Waals surface area (Å²) in [6.07, 6.45) is 1.32. The zero-order valence-corrected chi connectivity index (χ0v) is 26.0. The topological polar surface area (TPSA) is 123 Å². The zero-order chi connectivity index (χ0) is 32.4. The fourth-order valence-corrected chi connectivity index (χ4v) is 5.82. The quantitative estimate of drug-likeness (QED) is 0.286. The van der Waals surface area contributed by atoms with Gasteiger partial charge in [0.2, 0.25) is 12.3 Å². The van der Waals surface area contributed by atoms with Crippen LogP contribution >= 0.6 is 0 Å². The fraction of sp³-hybridized carbons (Fsp3) is 0.324. The highest BCUT2D eigenvalue weighted by Gasteiger charge is 2.32. The molecule has 2 aliphatic rings. The van der Waals surface area contributed by atoms with E-state index in [0.29, 0.717) is 42.0 Å². The van der Waals surface area contributed by atoms with E-state index < -0.39 is 24.0 Å². The second-order valence-corrected chi connectivity index (χ2v) is 11.4. The second-order valence-electron chi connectivity index (χ2n) is 11.4. The van der Waals surface area contributed by atoms with Crippen molar-refractivity contribution in [2.75, 3.05) is 33.1 Å². The van der Waals surface area contributed by atoms with E-state index in [1.807, 2.05) is 50.2 Å². The maximum Gasteiger partial charge on any atom is 0.264 e. The second kappa shape index (κ2) is 13.1. The number of ether oxygens (including phenoxy) is 1. The van der Waals surface area contributed by atoms with E-state index in [1.54, 1.807) is 13.1 Å². The van der Waals surface area contributed by atoms with E-state index in [1.165, 1.54) is 31.3 Å². The van der Waals surface area contributed by atoms with Crippen LogP contribution in [0.25, 0.3) is 22.3 Å². The van der Waals surface area contributed by atoms with E-state index in [9.17, 15) is 19.5 Å². The predicted molar refractivity (Wildman–Crippen MR) is 169 cm³/mol. The Kier molecular flexibility index (Phi) is 9.21. The molecular formula is C34H38FN5O5. The Balaban J connectivity index is 1.41. The molecule has 3 amide bonds. The number of carbonyl (C=O) groups is 3. The summed E-state index contributed by atoms with van der Waals surface area (Å²) in [5.41, 5.74) is 5.84. The molecule has 2 heterocycles. The molecule has 1 unspecified atom stereocenters. The van der Waals surface area contributed by atoms with Crippen LogP contribution in [0, 0.1) is 19.7 Å². The summed E-state index contributed by atoms with van der Waals surface area (Å²) in [5.74, 6) is -1.10. The van der Waals surface area contributed by atoms with Crippen molar-refractivity contribution >= 4 is 23.4 Å². The number of nitrogens with zero attached hydrogens (tertiary/aromatic N) is 2. The third-order valence-electron chi connectivity index (χ3n) is 8.56. The Morgan fingerprint density at radius 1 is 1.07 bits per heavy atom. The number of piperidine rings is 1. The van der Waals surface area contributed by atoms with Gasteiger partial charge < -0.3 is 30.7 Å². The molecule has 11 heteroatoms. The Morgan fingerprint density at radius 2 is 1.76 bits per heavy atom. The molecule has 3 aromatic carbocycles. The standard InChI is InChI=1S/C34H38FN5O5/c1-19-23(21-14-28(35)26(30(15-21)45-5)17-36-22-12-13-31(41)37-16-22)8-6-9-24(19)25-10-7-11-29(20(25)2)38-32(42)27-18-39(3)34(44)40(4)33(27)43/h6-11,14-15,18,22,34,36,44H,12-13,16-17H2,1-5H3,(H,37,41)(H,38,42)/t22-,34?/m0/s1. The van der Waals surface area contributed by atoms with Crippen molar-refractivity contribution < 1.29 is 28.6 Å². The number of methoxy groups -OCH3 is 1. The van der Waals surface area contributed by atoms with Gasteiger partial charge in [-0.3, -0.25) is 19.3 Å². The molecule has 0 aromatic heterocycles. The third-order valence-corrected chi connectivity index (χ3v) is 8.56. The summed E-state index contributed by atoms with van der Waals surface area (Å²) in [6, 6.07) is 14.7. The largest absolute Gasteiger partial charge is 0.496 e. The minimum atomic E-state index is -1.15. The number of carbonyl (C=O) groups excluding carboxylic acids is 3. The van der Waals surface area contributed by atoms with E-state index in [2.05, 4.69) is 16.0 Å². The lowest BCUT2D eigenvalue weighted by molar-refractivity contribution is -0.149. The van der Waals surface area contributed by atoms with Gasteiger partial charge in [0.1, 0.15) is 17.1 Å². The average molecular weight is 616 g/mol. The van der Waals surface area contributed by atoms with Gasteiger partial charge >= 0.3 is 0 Å². The number of aliphatic hydroxyl groups is 1. The van der Waals surface area contributed by atoms with Gasteiger partial charge in [-0.05, 0) is 71.8 Å². The Bertz CT molecular complexity index is 1680. The Morgan fingerprint density at radius 3 is 2.44 bits per heavy atom. The number of anilines is 1. The number of hydrogen-bond acceptors (Lipinski definition) is 7. The molecule has 0 aliphatic carbocycles. The molecule has 5 rings (SSSR count). The molecule has 0 bridgehead atoms. The number of hydrogen-bond donors (Lipinski definition) is 4. The molecule has 2 atom stereocenters. The van der Waals surface area contributed by atoms with Gasteiger partial charge in [0.25, 0.3) is 11.8 Å². The zero-order valence-electron chi connectivity index (χ0n) is 26.0. The number of aliphatic hydroxyl groups excluding tert-OH is 1. The van der Waals surface area contributed by atoms with Crippen molar-refractivity contribution in [3.63, 3.8) is 0 Å². The highest BCUT2D eigenvalue weighted by Crippen LogP contribution is 2.38. The molecule has 3 aromatic rings. The van der Waals surface area contributed by atoms with E-state index >= 15 is 4.39 Å². The number of amides is 3. The summed E-state index contributed by atoms with van der Waals surface area (Å²) in [4.78, 5) is 39.8. The lowest BCUT2D eigenvalue weighted by Crippen LogP contribution is -2.51. The lowest BCUT2D eigenvalue weighted by atomic mass is 9.90. The van der Waals surface area contributed by atoms with E-state index in [4.69, 9.17) is 4.74 Å². The highest BCUT2D eigenvalue weighted by molar-refractivity contribution is 6.23. The van der Waals surface area contributed by atoms with Crippen molar-refractivity contribution in [1.82, 2.24) is 20.4 Å². The summed E-state index contributed by atoms with van der Waals surface area (Å²) in [7, 11) is 4.52. The van der Waals surface area contributed by atoms with Gasteiger partial charge in [-0.25, -0.2) is 4.39 Å². The Labute approximate surface area is 261 Å². The van der Waals surface area contributed by atoms with Gasteiger partial charge in [-0.15, -0.1) is 0 Å². The first-order valence-corrected chi connectivity index (χ1v) is 14.8. The maximum atomic E-state index is 15.6. The van der Waals surface area contributed by atoms with Crippen LogP contribution in [0.3, 0.4) is 0 Å². The first-order valence-electron chi connectivity index (χ1n) is 14.8. The monoisotopic (exact) mass is 615 g/mol. The van der Waals surface area contributed by atoms with Gasteiger partial charge in [-0.1, -0.05) is 30.3 Å². The molecule has 0 saturated carbocycles. The molecule has 2 aliphatic heterocycles. The number of benzene rings is 3. The molecule has 1 saturated heterocycles. The summed E-state index contributed by atoms with van der Waals surface area (Å²) in [5, 5.41) is 19.1. The Hall–Kier alpha value is -4.74. The highest BCUT2D eigenvalue weighted by atomic mass is 19.1. The van der Waals surface area contributed by atoms with Gasteiger partial charge in [0.15, 0.2) is 0 Å². The van der Waals surface area contributed by atoms with Crippen molar-refractivity contribution in [3.8, 4) is 28.0 Å². The SMILES string of the molecule is COc1cc(-c2cccc(-c3cccc(NC(=O)C4=CN(C)C(O)N(C)C4=O)c3C)c2C)cc(F)c1CN[C@H]1CCC(=O)NC1. The van der Waals surface area contributed by atoms with Crippen LogP contribution in [0.1, 0.15) is 29.5 Å². The molecular weight excluding hydrogens is 577 g/mol. The predicted octanol–water partition coefficient (Wildman–Crippen LogP) is 3.66. The average Bonchev–Trinajstić information content (AvgIpc) is 3.03. The molecule has 236 valence electrons. The molecule has 4 N–H and O–H groups in total. The van der Waals surface area contributed by atoms with E-state index in [0.717, 1.165) is 32.7 Å². The molecule has 10 nitrogen and oxygen atoms in total. The lowest BCUT2D eigenvalue weighted by Gasteiger charge is -2.35. The van der Waals surface area contributed by atoms with Crippen LogP contribution in [0.4, 0.5) is 10.1 Å². The summed E-state index contributed by atoms with van der Waals surface area (Å²) in [6.45, 7) is 4.63. The minimum absolute atomic E-state index is 0.0293. The van der Waals surface area contributed by atoms with Crippen LogP contribution in [-0.2, 0) is 20.9 Å². The van der Waals surface area contributed by atoms with Gasteiger partial charge in [-0.2, -0.15) is 0 Å². The smallest absolute Gasteiger partial charge is 0.264 e. The van der Waals surface area contributed by atoms with E-state index in [-0.39, 0.29) is 24.1 Å². The molecule has 0 spiro atoms. The number of halogens is 1. The first kappa shape index (κ1) is 31.7. The summed E-state index contributed by atoms with van der Waals surface area (Å²) >= 11 is 0. The normalized spacial score (nSPS) is 18.4. The third kappa shape index (κ3) is 6.40. The van der Waals surface area contributed by atoms with Crippen molar-refractivity contribution in [2.24, 2.45) is 0 Å². The summed E-state index contributed by atoms with van der Waals surface area (Å²) < 4.78 is 21.2. The number of rotatable bonds is 8. The number of likely N-dealkylation sites (N-methyl/N-ethyl adjacent to an activating group) is 1. The fourth-order valence-electron chi connectivity index (χ4n) is 5.82. The minimum Gasteiger partial charge on any atom is -0.496 e. The van der Waals surface area contributed by atoms with Crippen LogP contribution in [0.5, 0.6) is 5.75 Å². The van der Waals surface area contributed by atoms with Crippen LogP contribution in [0.15, 0.2) is 60.3 Å². The molecule has 1 fully saturated rings. The van der Waals surface area contributed by atoms with Crippen molar-refractivity contribution in [3.05, 3.63) is 82.8 Å². The van der Waals surface area contributed by atoms with Crippen LogP contribution in [0.2, 0.25) is 0 Å². The van der Waals surface area contributed by atoms with Crippen molar-refractivity contribution in [2.45, 2.75) is 45.6 Å². The van der Waals surface area contributed by atoms with Crippen molar-refractivity contribution in [1.29, 1.82) is 0 Å². The van der Waals surface area contributed by atoms with Gasteiger partial charge in [0, 0.05) is 57.1 Å². The van der Waals surface area contributed by atoms with Gasteiger partial charge in [0.05, 0.1) is 7.11 Å². The number of nitrogens with one attached hydrogen (secondary N) is 3. The van der Waals surface area contributed by atoms with Crippen LogP contribution < -0.4 is 20.7 Å². The first-order chi connectivity index (χ1) is 21.5. The van der Waals surface area contributed by atoms with Crippen LogP contribution in [-0.4, -0.2) is 72.8 Å². The molecule has 0 radical (unpaired) electrons.